The predicted molar refractivity (Wildman–Crippen MR) is 104 cm³/mol. The molecule has 0 aromatic carbocycles. The highest BCUT2D eigenvalue weighted by Crippen LogP contribution is 2.22. The minimum atomic E-state index is -3.00. The van der Waals surface area contributed by atoms with Crippen LogP contribution in [0.4, 0.5) is 4.79 Å². The summed E-state index contributed by atoms with van der Waals surface area (Å²) >= 11 is 0. The van der Waals surface area contributed by atoms with Crippen molar-refractivity contribution >= 4 is 33.1 Å². The molecule has 26 heavy (non-hydrogen) atoms. The standard InChI is InChI=1S/C16H33N3O5Si.ClH/c1-8-13(25(22-9-2,23-10-3)24-11-4)17-12(5)19-14(20)16(6,7)18-15(19)21;/h12-13,17H,8-11H2,1-7H3,(H,18,21);1H. The van der Waals surface area contributed by atoms with E-state index in [1.54, 1.807) is 20.8 Å². The molecule has 0 spiro atoms. The maximum atomic E-state index is 12.5. The number of halogens is 1. The van der Waals surface area contributed by atoms with Crippen molar-refractivity contribution in [1.82, 2.24) is 15.5 Å². The van der Waals surface area contributed by atoms with Crippen LogP contribution in [-0.4, -0.2) is 62.8 Å². The van der Waals surface area contributed by atoms with Crippen LogP contribution in [-0.2, 0) is 18.1 Å². The number of carbonyl (C=O) groups excluding carboxylic acids is 2. The van der Waals surface area contributed by atoms with Crippen molar-refractivity contribution in [2.45, 2.75) is 72.3 Å². The Morgan fingerprint density at radius 2 is 1.54 bits per heavy atom. The molecule has 2 N–H and O–H groups in total. The Labute approximate surface area is 164 Å². The van der Waals surface area contributed by atoms with Crippen LogP contribution in [0.1, 0.15) is 54.9 Å². The highest BCUT2D eigenvalue weighted by molar-refractivity contribution is 6.62. The molecule has 1 saturated heterocycles. The highest BCUT2D eigenvalue weighted by atomic mass is 35.5. The normalized spacial score (nSPS) is 19.1. The van der Waals surface area contributed by atoms with Gasteiger partial charge in [-0.05, 0) is 48.0 Å². The van der Waals surface area contributed by atoms with Crippen LogP contribution in [0.5, 0.6) is 0 Å². The molecular formula is C16H34ClN3O5Si. The molecule has 1 aliphatic rings. The van der Waals surface area contributed by atoms with Crippen molar-refractivity contribution in [3.05, 3.63) is 0 Å². The van der Waals surface area contributed by atoms with E-state index in [0.29, 0.717) is 26.2 Å². The van der Waals surface area contributed by atoms with Crippen molar-refractivity contribution in [3.63, 3.8) is 0 Å². The van der Waals surface area contributed by atoms with Gasteiger partial charge < -0.3 is 18.6 Å². The third-order valence-electron chi connectivity index (χ3n) is 4.09. The lowest BCUT2D eigenvalue weighted by molar-refractivity contribution is -0.132. The SMILES string of the molecule is CCO[Si](OCC)(OCC)C(CC)NC(C)N1C(=O)NC(C)(C)C1=O.Cl. The Kier molecular flexibility index (Phi) is 10.3. The van der Waals surface area contributed by atoms with E-state index in [1.165, 1.54) is 4.90 Å². The minimum absolute atomic E-state index is 0. The van der Waals surface area contributed by atoms with Gasteiger partial charge in [0.05, 0.1) is 11.8 Å². The summed E-state index contributed by atoms with van der Waals surface area (Å²) < 4.78 is 17.8. The molecule has 0 saturated carbocycles. The number of carbonyl (C=O) groups is 2. The van der Waals surface area contributed by atoms with Crippen molar-refractivity contribution in [3.8, 4) is 0 Å². The number of nitrogens with zero attached hydrogens (tertiary/aromatic N) is 1. The van der Waals surface area contributed by atoms with Gasteiger partial charge >= 0.3 is 14.8 Å². The molecule has 1 rings (SSSR count). The largest absolute Gasteiger partial charge is 0.518 e. The minimum Gasteiger partial charge on any atom is -0.373 e. The molecule has 2 atom stereocenters. The fraction of sp³-hybridized carbons (Fsp3) is 0.875. The summed E-state index contributed by atoms with van der Waals surface area (Å²) in [4.78, 5) is 25.9. The van der Waals surface area contributed by atoms with Crippen LogP contribution in [0, 0.1) is 0 Å². The fourth-order valence-corrected chi connectivity index (χ4v) is 6.00. The summed E-state index contributed by atoms with van der Waals surface area (Å²) in [5.41, 5.74) is -1.13. The van der Waals surface area contributed by atoms with Gasteiger partial charge in [0.1, 0.15) is 5.54 Å². The molecule has 0 aromatic heterocycles. The summed E-state index contributed by atoms with van der Waals surface area (Å²) in [6.45, 7) is 14.3. The van der Waals surface area contributed by atoms with Gasteiger partial charge in [-0.1, -0.05) is 6.92 Å². The Morgan fingerprint density at radius 3 is 1.85 bits per heavy atom. The number of rotatable bonds is 11. The van der Waals surface area contributed by atoms with Gasteiger partial charge in [0, 0.05) is 19.8 Å². The van der Waals surface area contributed by atoms with Gasteiger partial charge in [0.2, 0.25) is 0 Å². The third kappa shape index (κ3) is 5.40. The molecule has 2 unspecified atom stereocenters. The maximum Gasteiger partial charge on any atom is 0.518 e. The number of nitrogens with one attached hydrogen (secondary N) is 2. The molecule has 3 amide bonds. The van der Waals surface area contributed by atoms with Crippen LogP contribution in [0.15, 0.2) is 0 Å². The van der Waals surface area contributed by atoms with Crippen molar-refractivity contribution in [1.29, 1.82) is 0 Å². The Morgan fingerprint density at radius 1 is 1.08 bits per heavy atom. The second-order valence-electron chi connectivity index (χ2n) is 6.44. The van der Waals surface area contributed by atoms with Crippen LogP contribution in [0.2, 0.25) is 0 Å². The monoisotopic (exact) mass is 411 g/mol. The van der Waals surface area contributed by atoms with Gasteiger partial charge in [-0.3, -0.25) is 10.1 Å². The molecule has 1 fully saturated rings. The molecule has 0 aliphatic carbocycles. The average Bonchev–Trinajstić information content (AvgIpc) is 2.73. The first-order valence-electron chi connectivity index (χ1n) is 9.02. The van der Waals surface area contributed by atoms with Gasteiger partial charge in [-0.2, -0.15) is 0 Å². The molecule has 0 radical (unpaired) electrons. The lowest BCUT2D eigenvalue weighted by Gasteiger charge is -2.37. The number of urea groups is 1. The molecule has 154 valence electrons. The molecular weight excluding hydrogens is 378 g/mol. The van der Waals surface area contributed by atoms with E-state index in [2.05, 4.69) is 10.6 Å². The maximum absolute atomic E-state index is 12.5. The molecule has 10 heteroatoms. The quantitative estimate of drug-likeness (QED) is 0.399. The van der Waals surface area contributed by atoms with E-state index < -0.39 is 26.5 Å². The van der Waals surface area contributed by atoms with Gasteiger partial charge in [-0.15, -0.1) is 12.4 Å². The van der Waals surface area contributed by atoms with E-state index in [0.717, 1.165) is 0 Å². The Hall–Kier alpha value is -0.713. The summed E-state index contributed by atoms with van der Waals surface area (Å²) in [7, 11) is -3.00. The Balaban J connectivity index is 0.00000625. The average molecular weight is 412 g/mol. The zero-order valence-corrected chi connectivity index (χ0v) is 18.7. The summed E-state index contributed by atoms with van der Waals surface area (Å²) in [5.74, 6) is -0.260. The highest BCUT2D eigenvalue weighted by Gasteiger charge is 2.51. The number of hydrogen-bond donors (Lipinski definition) is 2. The second kappa shape index (κ2) is 10.6. The summed E-state index contributed by atoms with van der Waals surface area (Å²) in [6.07, 6.45) is 0.177. The number of hydrogen-bond acceptors (Lipinski definition) is 6. The van der Waals surface area contributed by atoms with Crippen LogP contribution >= 0.6 is 12.4 Å². The predicted octanol–water partition coefficient (Wildman–Crippen LogP) is 2.04. The zero-order chi connectivity index (χ0) is 19.3. The van der Waals surface area contributed by atoms with E-state index >= 15 is 0 Å². The van der Waals surface area contributed by atoms with E-state index in [9.17, 15) is 9.59 Å². The van der Waals surface area contributed by atoms with Gasteiger partial charge in [0.15, 0.2) is 0 Å². The molecule has 8 nitrogen and oxygen atoms in total. The molecule has 1 heterocycles. The lowest BCUT2D eigenvalue weighted by Crippen LogP contribution is -2.65. The van der Waals surface area contributed by atoms with Crippen molar-refractivity contribution in [2.75, 3.05) is 19.8 Å². The third-order valence-corrected chi connectivity index (χ3v) is 7.59. The lowest BCUT2D eigenvalue weighted by atomic mass is 10.1. The molecule has 1 aliphatic heterocycles. The van der Waals surface area contributed by atoms with Crippen LogP contribution in [0.25, 0.3) is 0 Å². The topological polar surface area (TPSA) is 89.1 Å². The molecule has 0 bridgehead atoms. The van der Waals surface area contributed by atoms with E-state index in [-0.39, 0.29) is 24.0 Å². The second-order valence-corrected chi connectivity index (χ2v) is 9.21. The fourth-order valence-electron chi connectivity index (χ4n) is 2.99. The number of imide groups is 1. The Bertz CT molecular complexity index is 464. The zero-order valence-electron chi connectivity index (χ0n) is 16.9. The summed E-state index contributed by atoms with van der Waals surface area (Å²) in [6, 6.07) is -0.402. The van der Waals surface area contributed by atoms with Gasteiger partial charge in [0.25, 0.3) is 5.91 Å². The smallest absolute Gasteiger partial charge is 0.373 e. The van der Waals surface area contributed by atoms with Crippen LogP contribution in [0.3, 0.4) is 0 Å². The summed E-state index contributed by atoms with van der Waals surface area (Å²) in [5, 5.41) is 6.03. The van der Waals surface area contributed by atoms with Gasteiger partial charge in [-0.25, -0.2) is 9.69 Å². The first-order valence-corrected chi connectivity index (χ1v) is 10.8. The number of amides is 3. The first-order chi connectivity index (χ1) is 11.7. The van der Waals surface area contributed by atoms with E-state index in [1.807, 2.05) is 27.7 Å². The molecule has 0 aromatic rings. The van der Waals surface area contributed by atoms with Crippen molar-refractivity contribution < 1.29 is 22.9 Å². The van der Waals surface area contributed by atoms with Crippen LogP contribution < -0.4 is 10.6 Å². The first kappa shape index (κ1) is 25.3. The van der Waals surface area contributed by atoms with Crippen molar-refractivity contribution in [2.24, 2.45) is 0 Å². The van der Waals surface area contributed by atoms with E-state index in [4.69, 9.17) is 13.3 Å².